The van der Waals surface area contributed by atoms with Gasteiger partial charge in [0.15, 0.2) is 0 Å². The summed E-state index contributed by atoms with van der Waals surface area (Å²) < 4.78 is 13.1. The van der Waals surface area contributed by atoms with Gasteiger partial charge in [0.05, 0.1) is 0 Å². The van der Waals surface area contributed by atoms with Crippen molar-refractivity contribution < 1.29 is 4.39 Å². The zero-order valence-corrected chi connectivity index (χ0v) is 13.2. The summed E-state index contributed by atoms with van der Waals surface area (Å²) in [5, 5.41) is 0. The van der Waals surface area contributed by atoms with Crippen molar-refractivity contribution in [1.82, 2.24) is 4.90 Å². The van der Waals surface area contributed by atoms with Gasteiger partial charge in [-0.05, 0) is 55.8 Å². The highest BCUT2D eigenvalue weighted by Crippen LogP contribution is 2.37. The van der Waals surface area contributed by atoms with Crippen molar-refractivity contribution in [2.75, 3.05) is 14.1 Å². The van der Waals surface area contributed by atoms with Crippen LogP contribution in [0.2, 0.25) is 0 Å². The Bertz CT molecular complexity index is 594. The zero-order valence-electron chi connectivity index (χ0n) is 12.4. The minimum atomic E-state index is -0.165. The summed E-state index contributed by atoms with van der Waals surface area (Å²) in [6, 6.07) is 16.2. The predicted molar refractivity (Wildman–Crippen MR) is 87.7 cm³/mol. The van der Waals surface area contributed by atoms with E-state index >= 15 is 0 Å². The maximum Gasteiger partial charge on any atom is 0.123 e. The Morgan fingerprint density at radius 3 is 2.33 bits per heavy atom. The normalized spacial score (nSPS) is 20.8. The van der Waals surface area contributed by atoms with Crippen LogP contribution in [-0.2, 0) is 6.42 Å². The minimum absolute atomic E-state index is 0. The number of benzene rings is 2. The van der Waals surface area contributed by atoms with E-state index in [4.69, 9.17) is 0 Å². The first kappa shape index (κ1) is 16.0. The summed E-state index contributed by atoms with van der Waals surface area (Å²) in [4.78, 5) is 2.30. The molecule has 21 heavy (non-hydrogen) atoms. The first-order valence-electron chi connectivity index (χ1n) is 7.15. The van der Waals surface area contributed by atoms with Crippen molar-refractivity contribution in [1.29, 1.82) is 0 Å². The molecule has 1 aliphatic carbocycles. The molecule has 0 aromatic heterocycles. The van der Waals surface area contributed by atoms with E-state index in [0.29, 0.717) is 12.0 Å². The Kier molecular flexibility index (Phi) is 5.02. The minimum Gasteiger partial charge on any atom is -0.306 e. The second-order valence-electron chi connectivity index (χ2n) is 5.86. The number of nitrogens with zero attached hydrogens (tertiary/aromatic N) is 1. The van der Waals surface area contributed by atoms with Gasteiger partial charge in [-0.25, -0.2) is 4.39 Å². The molecule has 0 saturated carbocycles. The Labute approximate surface area is 132 Å². The monoisotopic (exact) mass is 305 g/mol. The van der Waals surface area contributed by atoms with E-state index in [2.05, 4.69) is 43.3 Å². The van der Waals surface area contributed by atoms with Crippen molar-refractivity contribution in [3.8, 4) is 0 Å². The molecule has 0 fully saturated rings. The molecule has 0 bridgehead atoms. The lowest BCUT2D eigenvalue weighted by atomic mass is 9.76. The molecule has 0 radical (unpaired) electrons. The van der Waals surface area contributed by atoms with Crippen molar-refractivity contribution in [2.45, 2.75) is 24.8 Å². The molecule has 2 aromatic carbocycles. The molecule has 0 N–H and O–H groups in total. The van der Waals surface area contributed by atoms with Crippen LogP contribution in [0, 0.1) is 5.82 Å². The van der Waals surface area contributed by atoms with Gasteiger partial charge < -0.3 is 4.90 Å². The molecule has 0 unspecified atom stereocenters. The molecule has 1 nitrogen and oxygen atoms in total. The lowest BCUT2D eigenvalue weighted by Crippen LogP contribution is -2.35. The number of hydrogen-bond donors (Lipinski definition) is 0. The summed E-state index contributed by atoms with van der Waals surface area (Å²) in [7, 11) is 4.28. The highest BCUT2D eigenvalue weighted by molar-refractivity contribution is 5.85. The average Bonchev–Trinajstić information content (AvgIpc) is 2.47. The Morgan fingerprint density at radius 1 is 1.00 bits per heavy atom. The fourth-order valence-electron chi connectivity index (χ4n) is 3.20. The van der Waals surface area contributed by atoms with Crippen LogP contribution in [0.1, 0.15) is 29.0 Å². The highest BCUT2D eigenvalue weighted by Gasteiger charge is 2.28. The van der Waals surface area contributed by atoms with Crippen molar-refractivity contribution in [3.63, 3.8) is 0 Å². The summed E-state index contributed by atoms with van der Waals surface area (Å²) in [5.74, 6) is 0.204. The van der Waals surface area contributed by atoms with Crippen LogP contribution in [0.25, 0.3) is 0 Å². The molecule has 112 valence electrons. The van der Waals surface area contributed by atoms with Crippen LogP contribution in [0.5, 0.6) is 0 Å². The van der Waals surface area contributed by atoms with E-state index in [0.717, 1.165) is 12.8 Å². The van der Waals surface area contributed by atoms with Crippen molar-refractivity contribution in [3.05, 3.63) is 71.0 Å². The molecular formula is C18H21ClFN. The Morgan fingerprint density at radius 2 is 1.67 bits per heavy atom. The van der Waals surface area contributed by atoms with Gasteiger partial charge in [-0.15, -0.1) is 12.4 Å². The van der Waals surface area contributed by atoms with Gasteiger partial charge in [0.25, 0.3) is 0 Å². The lowest BCUT2D eigenvalue weighted by molar-refractivity contribution is 0.258. The van der Waals surface area contributed by atoms with Crippen LogP contribution < -0.4 is 0 Å². The van der Waals surface area contributed by atoms with E-state index in [1.54, 1.807) is 12.1 Å². The van der Waals surface area contributed by atoms with Gasteiger partial charge in [0.2, 0.25) is 0 Å². The molecule has 0 amide bonds. The first-order valence-corrected chi connectivity index (χ1v) is 7.15. The first-order chi connectivity index (χ1) is 9.65. The van der Waals surface area contributed by atoms with Crippen molar-refractivity contribution in [2.24, 2.45) is 0 Å². The zero-order chi connectivity index (χ0) is 14.1. The average molecular weight is 306 g/mol. The smallest absolute Gasteiger partial charge is 0.123 e. The van der Waals surface area contributed by atoms with Gasteiger partial charge in [0, 0.05) is 12.0 Å². The molecule has 0 aliphatic heterocycles. The second-order valence-corrected chi connectivity index (χ2v) is 5.86. The number of likely N-dealkylation sites (N-methyl/N-ethyl adjacent to an activating group) is 1. The Balaban J connectivity index is 0.00000161. The molecule has 2 atom stereocenters. The molecule has 0 spiro atoms. The molecule has 2 aromatic rings. The van der Waals surface area contributed by atoms with E-state index in [-0.39, 0.29) is 18.2 Å². The molecule has 1 aliphatic rings. The molecule has 3 rings (SSSR count). The van der Waals surface area contributed by atoms with Gasteiger partial charge in [-0.1, -0.05) is 36.4 Å². The SMILES string of the molecule is CN(C)[C@@H]1Cc2ccccc2[C@@H](c2ccc(F)cc2)C1.Cl. The summed E-state index contributed by atoms with van der Waals surface area (Å²) in [6.45, 7) is 0. The fourth-order valence-corrected chi connectivity index (χ4v) is 3.20. The van der Waals surface area contributed by atoms with Crippen LogP contribution in [0.3, 0.4) is 0 Å². The second kappa shape index (κ2) is 6.59. The van der Waals surface area contributed by atoms with E-state index in [9.17, 15) is 4.39 Å². The van der Waals surface area contributed by atoms with Gasteiger partial charge in [0.1, 0.15) is 5.82 Å². The Hall–Kier alpha value is -1.38. The van der Waals surface area contributed by atoms with Gasteiger partial charge >= 0.3 is 0 Å². The standard InChI is InChI=1S/C18H20FN.ClH/c1-20(2)16-11-14-5-3-4-6-17(14)18(12-16)13-7-9-15(19)10-8-13;/h3-10,16,18H,11-12H2,1-2H3;1H/t16-,18-;/m1./s1. The maximum absolute atomic E-state index is 13.1. The van der Waals surface area contributed by atoms with Crippen LogP contribution in [0.4, 0.5) is 4.39 Å². The molecule has 0 heterocycles. The van der Waals surface area contributed by atoms with Crippen LogP contribution in [0.15, 0.2) is 48.5 Å². The molecular weight excluding hydrogens is 285 g/mol. The number of hydrogen-bond acceptors (Lipinski definition) is 1. The largest absolute Gasteiger partial charge is 0.306 e. The summed E-state index contributed by atoms with van der Waals surface area (Å²) >= 11 is 0. The fraction of sp³-hybridized carbons (Fsp3) is 0.333. The summed E-state index contributed by atoms with van der Waals surface area (Å²) in [6.07, 6.45) is 2.19. The predicted octanol–water partition coefficient (Wildman–Crippen LogP) is 4.26. The van der Waals surface area contributed by atoms with Crippen LogP contribution >= 0.6 is 12.4 Å². The quantitative estimate of drug-likeness (QED) is 0.801. The lowest BCUT2D eigenvalue weighted by Gasteiger charge is -2.35. The molecule has 0 saturated heterocycles. The highest BCUT2D eigenvalue weighted by atomic mass is 35.5. The van der Waals surface area contributed by atoms with Gasteiger partial charge in [-0.2, -0.15) is 0 Å². The van der Waals surface area contributed by atoms with Crippen molar-refractivity contribution >= 4 is 12.4 Å². The summed E-state index contributed by atoms with van der Waals surface area (Å²) in [5.41, 5.74) is 4.04. The number of rotatable bonds is 2. The third kappa shape index (κ3) is 3.28. The van der Waals surface area contributed by atoms with E-state index in [1.807, 2.05) is 12.1 Å². The molecule has 3 heteroatoms. The van der Waals surface area contributed by atoms with E-state index in [1.165, 1.54) is 16.7 Å². The third-order valence-electron chi connectivity index (χ3n) is 4.40. The number of fused-ring (bicyclic) bond motifs is 1. The topological polar surface area (TPSA) is 3.24 Å². The number of halogens is 2. The van der Waals surface area contributed by atoms with Crippen LogP contribution in [-0.4, -0.2) is 25.0 Å². The van der Waals surface area contributed by atoms with E-state index < -0.39 is 0 Å². The maximum atomic E-state index is 13.1. The third-order valence-corrected chi connectivity index (χ3v) is 4.40. The van der Waals surface area contributed by atoms with Gasteiger partial charge in [-0.3, -0.25) is 0 Å².